The topological polar surface area (TPSA) is 60.2 Å². The molecule has 1 aromatic rings. The fourth-order valence-electron chi connectivity index (χ4n) is 3.63. The molecule has 2 atom stereocenters. The SMILES string of the molecule is CCOC(C1CCCCC1)C(NC)c1c(C)ccnc1N. The van der Waals surface area contributed by atoms with E-state index in [4.69, 9.17) is 10.5 Å². The number of ether oxygens (including phenoxy) is 1. The Balaban J connectivity index is 2.30. The van der Waals surface area contributed by atoms with Crippen molar-refractivity contribution in [2.75, 3.05) is 19.4 Å². The van der Waals surface area contributed by atoms with Crippen LogP contribution in [-0.4, -0.2) is 24.7 Å². The molecule has 1 saturated carbocycles. The second kappa shape index (κ2) is 7.76. The summed E-state index contributed by atoms with van der Waals surface area (Å²) >= 11 is 0. The lowest BCUT2D eigenvalue weighted by molar-refractivity contribution is -0.0168. The molecule has 1 aliphatic carbocycles. The molecular formula is C17H29N3O. The normalized spacial score (nSPS) is 19.4. The van der Waals surface area contributed by atoms with Crippen molar-refractivity contribution in [2.24, 2.45) is 5.92 Å². The standard InChI is InChI=1S/C17H29N3O/c1-4-21-16(13-8-6-5-7-9-13)15(19-3)14-12(2)10-11-20-17(14)18/h10-11,13,15-16,19H,4-9H2,1-3H3,(H2,18,20). The van der Waals surface area contributed by atoms with Crippen LogP contribution in [0.3, 0.4) is 0 Å². The molecule has 4 heteroatoms. The van der Waals surface area contributed by atoms with Crippen molar-refractivity contribution in [1.82, 2.24) is 10.3 Å². The maximum Gasteiger partial charge on any atom is 0.128 e. The highest BCUT2D eigenvalue weighted by Crippen LogP contribution is 2.36. The number of nitrogens with two attached hydrogens (primary N) is 1. The predicted molar refractivity (Wildman–Crippen MR) is 87.2 cm³/mol. The Hall–Kier alpha value is -1.13. The highest BCUT2D eigenvalue weighted by Gasteiger charge is 2.33. The van der Waals surface area contributed by atoms with Crippen LogP contribution < -0.4 is 11.1 Å². The number of likely N-dealkylation sites (N-methyl/N-ethyl adjacent to an activating group) is 1. The summed E-state index contributed by atoms with van der Waals surface area (Å²) in [7, 11) is 1.99. The van der Waals surface area contributed by atoms with Crippen molar-refractivity contribution in [2.45, 2.75) is 58.1 Å². The molecule has 0 aliphatic heterocycles. The van der Waals surface area contributed by atoms with Crippen molar-refractivity contribution in [3.8, 4) is 0 Å². The van der Waals surface area contributed by atoms with Gasteiger partial charge in [-0.15, -0.1) is 0 Å². The Bertz CT molecular complexity index is 423. The number of anilines is 1. The third kappa shape index (κ3) is 3.74. The van der Waals surface area contributed by atoms with Gasteiger partial charge in [0, 0.05) is 18.4 Å². The van der Waals surface area contributed by atoms with E-state index in [1.807, 2.05) is 13.1 Å². The number of nitrogens with one attached hydrogen (secondary N) is 1. The molecule has 1 aliphatic rings. The summed E-state index contributed by atoms with van der Waals surface area (Å²) in [4.78, 5) is 4.28. The second-order valence-electron chi connectivity index (χ2n) is 6.01. The van der Waals surface area contributed by atoms with Gasteiger partial charge in [-0.1, -0.05) is 19.3 Å². The quantitative estimate of drug-likeness (QED) is 0.845. The maximum atomic E-state index is 6.15. The van der Waals surface area contributed by atoms with E-state index in [0.717, 1.165) is 12.2 Å². The third-order valence-corrected chi connectivity index (χ3v) is 4.66. The molecule has 118 valence electrons. The molecule has 1 fully saturated rings. The van der Waals surface area contributed by atoms with Gasteiger partial charge in [-0.3, -0.25) is 0 Å². The van der Waals surface area contributed by atoms with Gasteiger partial charge in [0.05, 0.1) is 12.1 Å². The van der Waals surface area contributed by atoms with Gasteiger partial charge in [0.1, 0.15) is 5.82 Å². The van der Waals surface area contributed by atoms with Crippen LogP contribution in [0.4, 0.5) is 5.82 Å². The van der Waals surface area contributed by atoms with Gasteiger partial charge in [-0.25, -0.2) is 4.98 Å². The summed E-state index contributed by atoms with van der Waals surface area (Å²) < 4.78 is 6.15. The molecule has 0 aromatic carbocycles. The molecule has 2 unspecified atom stereocenters. The molecule has 0 spiro atoms. The van der Waals surface area contributed by atoms with Gasteiger partial charge in [-0.05, 0) is 51.3 Å². The van der Waals surface area contributed by atoms with Crippen LogP contribution in [0.5, 0.6) is 0 Å². The minimum atomic E-state index is 0.113. The lowest BCUT2D eigenvalue weighted by atomic mass is 9.80. The maximum absolute atomic E-state index is 6.15. The monoisotopic (exact) mass is 291 g/mol. The van der Waals surface area contributed by atoms with Crippen molar-refractivity contribution >= 4 is 5.82 Å². The fourth-order valence-corrected chi connectivity index (χ4v) is 3.63. The van der Waals surface area contributed by atoms with E-state index >= 15 is 0 Å². The molecule has 4 nitrogen and oxygen atoms in total. The van der Waals surface area contributed by atoms with Gasteiger partial charge in [0.15, 0.2) is 0 Å². The highest BCUT2D eigenvalue weighted by molar-refractivity contribution is 5.46. The molecule has 3 N–H and O–H groups in total. The smallest absolute Gasteiger partial charge is 0.128 e. The summed E-state index contributed by atoms with van der Waals surface area (Å²) in [5.41, 5.74) is 8.44. The van der Waals surface area contributed by atoms with Gasteiger partial charge < -0.3 is 15.8 Å². The van der Waals surface area contributed by atoms with Crippen LogP contribution in [0.1, 0.15) is 56.2 Å². The summed E-state index contributed by atoms with van der Waals surface area (Å²) in [6.07, 6.45) is 8.43. The lowest BCUT2D eigenvalue weighted by Gasteiger charge is -2.36. The van der Waals surface area contributed by atoms with Crippen LogP contribution in [-0.2, 0) is 4.74 Å². The zero-order valence-electron chi connectivity index (χ0n) is 13.6. The van der Waals surface area contributed by atoms with Crippen LogP contribution in [0.15, 0.2) is 12.3 Å². The second-order valence-corrected chi connectivity index (χ2v) is 6.01. The molecule has 2 rings (SSSR count). The van der Waals surface area contributed by atoms with E-state index in [1.54, 1.807) is 6.20 Å². The number of rotatable bonds is 6. The van der Waals surface area contributed by atoms with Crippen molar-refractivity contribution < 1.29 is 4.74 Å². The lowest BCUT2D eigenvalue weighted by Crippen LogP contribution is -2.39. The van der Waals surface area contributed by atoms with E-state index < -0.39 is 0 Å². The number of nitrogen functional groups attached to an aromatic ring is 1. The number of aryl methyl sites for hydroxylation is 1. The average molecular weight is 291 g/mol. The van der Waals surface area contributed by atoms with E-state index in [0.29, 0.717) is 11.7 Å². The van der Waals surface area contributed by atoms with Crippen molar-refractivity contribution in [1.29, 1.82) is 0 Å². The molecule has 0 amide bonds. The Morgan fingerprint density at radius 3 is 2.67 bits per heavy atom. The van der Waals surface area contributed by atoms with Crippen LogP contribution >= 0.6 is 0 Å². The highest BCUT2D eigenvalue weighted by atomic mass is 16.5. The fraction of sp³-hybridized carbons (Fsp3) is 0.706. The van der Waals surface area contributed by atoms with Crippen molar-refractivity contribution in [3.63, 3.8) is 0 Å². The van der Waals surface area contributed by atoms with E-state index in [-0.39, 0.29) is 12.1 Å². The molecule has 1 aromatic heterocycles. The van der Waals surface area contributed by atoms with Gasteiger partial charge in [-0.2, -0.15) is 0 Å². The number of pyridine rings is 1. The largest absolute Gasteiger partial charge is 0.383 e. The minimum Gasteiger partial charge on any atom is -0.383 e. The minimum absolute atomic E-state index is 0.113. The van der Waals surface area contributed by atoms with Crippen LogP contribution in [0.2, 0.25) is 0 Å². The Kier molecular flexibility index (Phi) is 6.00. The van der Waals surface area contributed by atoms with E-state index in [9.17, 15) is 0 Å². The first-order valence-corrected chi connectivity index (χ1v) is 8.18. The summed E-state index contributed by atoms with van der Waals surface area (Å²) in [5.74, 6) is 1.23. The first-order valence-electron chi connectivity index (χ1n) is 8.18. The number of nitrogens with zero attached hydrogens (tertiary/aromatic N) is 1. The Labute approximate surface area is 128 Å². The summed E-state index contributed by atoms with van der Waals surface area (Å²) in [6.45, 7) is 4.90. The zero-order chi connectivity index (χ0) is 15.2. The number of aromatic nitrogens is 1. The third-order valence-electron chi connectivity index (χ3n) is 4.66. The first kappa shape index (κ1) is 16.2. The first-order chi connectivity index (χ1) is 10.2. The molecule has 0 saturated heterocycles. The predicted octanol–water partition coefficient (Wildman–Crippen LogP) is 3.22. The van der Waals surface area contributed by atoms with Crippen LogP contribution in [0, 0.1) is 12.8 Å². The van der Waals surface area contributed by atoms with Gasteiger partial charge in [0.25, 0.3) is 0 Å². The molecule has 0 bridgehead atoms. The number of hydrogen-bond acceptors (Lipinski definition) is 4. The van der Waals surface area contributed by atoms with Gasteiger partial charge in [0.2, 0.25) is 0 Å². The molecular weight excluding hydrogens is 262 g/mol. The zero-order valence-corrected chi connectivity index (χ0v) is 13.6. The van der Waals surface area contributed by atoms with Gasteiger partial charge >= 0.3 is 0 Å². The van der Waals surface area contributed by atoms with Crippen molar-refractivity contribution in [3.05, 3.63) is 23.4 Å². The number of hydrogen-bond donors (Lipinski definition) is 2. The summed E-state index contributed by atoms with van der Waals surface area (Å²) in [5, 5.41) is 3.44. The molecule has 21 heavy (non-hydrogen) atoms. The summed E-state index contributed by atoms with van der Waals surface area (Å²) in [6, 6.07) is 2.14. The Morgan fingerprint density at radius 2 is 2.10 bits per heavy atom. The van der Waals surface area contributed by atoms with E-state index in [1.165, 1.54) is 37.7 Å². The molecule has 1 heterocycles. The molecule has 0 radical (unpaired) electrons. The average Bonchev–Trinajstić information content (AvgIpc) is 2.50. The van der Waals surface area contributed by atoms with Crippen LogP contribution in [0.25, 0.3) is 0 Å². The Morgan fingerprint density at radius 1 is 1.38 bits per heavy atom. The van der Waals surface area contributed by atoms with E-state index in [2.05, 4.69) is 24.1 Å².